The van der Waals surface area contributed by atoms with Crippen molar-refractivity contribution in [2.45, 2.75) is 6.92 Å². The maximum absolute atomic E-state index is 12.7. The molecule has 0 spiro atoms. The van der Waals surface area contributed by atoms with Crippen molar-refractivity contribution in [3.05, 3.63) is 53.1 Å². The van der Waals surface area contributed by atoms with E-state index in [1.807, 2.05) is 13.0 Å². The van der Waals surface area contributed by atoms with Crippen LogP contribution in [0.2, 0.25) is 5.15 Å². The average Bonchev–Trinajstić information content (AvgIpc) is 2.17. The molecule has 0 bridgehead atoms. The highest BCUT2D eigenvalue weighted by Crippen LogP contribution is 2.22. The average molecular weight is 221 g/mol. The van der Waals surface area contributed by atoms with Crippen LogP contribution >= 0.6 is 11.6 Å². The van der Waals surface area contributed by atoms with Gasteiger partial charge >= 0.3 is 0 Å². The second kappa shape index (κ2) is 3.99. The van der Waals surface area contributed by atoms with Gasteiger partial charge in [0, 0.05) is 5.69 Å². The molecule has 0 aliphatic carbocycles. The summed E-state index contributed by atoms with van der Waals surface area (Å²) in [6.45, 7) is 1.86. The predicted molar refractivity (Wildman–Crippen MR) is 58.2 cm³/mol. The standard InChI is InChI=1S/C12H8ClFN/c1-8-6-10(7-12(13)15-8)9-2-4-11(14)5-3-9/h2,4-7H,1H3. The Balaban J connectivity index is 2.49. The number of nitrogens with zero attached hydrogens (tertiary/aromatic N) is 1. The van der Waals surface area contributed by atoms with E-state index >= 15 is 0 Å². The summed E-state index contributed by atoms with van der Waals surface area (Å²) in [6.07, 6.45) is 0. The number of rotatable bonds is 1. The third kappa shape index (κ3) is 2.34. The summed E-state index contributed by atoms with van der Waals surface area (Å²) in [7, 11) is 0. The molecule has 0 fully saturated rings. The van der Waals surface area contributed by atoms with E-state index in [2.05, 4.69) is 11.1 Å². The van der Waals surface area contributed by atoms with Gasteiger partial charge in [-0.25, -0.2) is 9.37 Å². The molecule has 0 amide bonds. The lowest BCUT2D eigenvalue weighted by Crippen LogP contribution is -1.85. The molecule has 0 aliphatic rings. The molecule has 75 valence electrons. The number of hydrogen-bond acceptors (Lipinski definition) is 1. The summed E-state index contributed by atoms with van der Waals surface area (Å²) < 4.78 is 12.7. The summed E-state index contributed by atoms with van der Waals surface area (Å²) in [5, 5.41) is 0.433. The predicted octanol–water partition coefficient (Wildman–Crippen LogP) is 3.65. The van der Waals surface area contributed by atoms with Crippen LogP contribution in [0.15, 0.2) is 30.3 Å². The van der Waals surface area contributed by atoms with Gasteiger partial charge in [0.25, 0.3) is 0 Å². The van der Waals surface area contributed by atoms with Gasteiger partial charge in [-0.3, -0.25) is 0 Å². The van der Waals surface area contributed by atoms with Crippen LogP contribution in [0.25, 0.3) is 11.1 Å². The molecule has 0 saturated carbocycles. The highest BCUT2D eigenvalue weighted by Gasteiger charge is 2.01. The number of aryl methyl sites for hydroxylation is 1. The van der Waals surface area contributed by atoms with Crippen LogP contribution in [0, 0.1) is 18.8 Å². The first-order valence-corrected chi connectivity index (χ1v) is 4.85. The second-order valence-electron chi connectivity index (χ2n) is 3.24. The molecule has 1 aromatic carbocycles. The zero-order valence-corrected chi connectivity index (χ0v) is 8.85. The van der Waals surface area contributed by atoms with Crippen molar-refractivity contribution >= 4 is 11.6 Å². The molecule has 1 radical (unpaired) electrons. The number of hydrogen-bond donors (Lipinski definition) is 0. The van der Waals surface area contributed by atoms with E-state index in [-0.39, 0.29) is 5.82 Å². The first-order valence-electron chi connectivity index (χ1n) is 4.47. The van der Waals surface area contributed by atoms with Crippen LogP contribution in [0.5, 0.6) is 0 Å². The van der Waals surface area contributed by atoms with Crippen LogP contribution < -0.4 is 0 Å². The first kappa shape index (κ1) is 10.1. The molecule has 2 rings (SSSR count). The Hall–Kier alpha value is -1.41. The quantitative estimate of drug-likeness (QED) is 0.669. The van der Waals surface area contributed by atoms with Gasteiger partial charge in [0.05, 0.1) is 0 Å². The third-order valence-electron chi connectivity index (χ3n) is 2.01. The van der Waals surface area contributed by atoms with Gasteiger partial charge < -0.3 is 0 Å². The number of aromatic nitrogens is 1. The van der Waals surface area contributed by atoms with Gasteiger partial charge in [-0.1, -0.05) is 17.7 Å². The van der Waals surface area contributed by atoms with E-state index in [9.17, 15) is 4.39 Å². The molecule has 0 atom stereocenters. The van der Waals surface area contributed by atoms with Gasteiger partial charge in [0.15, 0.2) is 0 Å². The fraction of sp³-hybridized carbons (Fsp3) is 0.0833. The first-order chi connectivity index (χ1) is 7.15. The third-order valence-corrected chi connectivity index (χ3v) is 2.20. The van der Waals surface area contributed by atoms with E-state index in [1.54, 1.807) is 12.1 Å². The van der Waals surface area contributed by atoms with Gasteiger partial charge in [-0.15, -0.1) is 0 Å². The van der Waals surface area contributed by atoms with Crippen molar-refractivity contribution in [2.75, 3.05) is 0 Å². The topological polar surface area (TPSA) is 12.9 Å². The summed E-state index contributed by atoms with van der Waals surface area (Å²) in [4.78, 5) is 4.05. The molecular formula is C12H8ClFN. The van der Waals surface area contributed by atoms with Gasteiger partial charge in [-0.2, -0.15) is 0 Å². The van der Waals surface area contributed by atoms with Crippen molar-refractivity contribution in [1.82, 2.24) is 4.98 Å². The van der Waals surface area contributed by atoms with Crippen LogP contribution in [-0.4, -0.2) is 4.98 Å². The summed E-state index contributed by atoms with van der Waals surface area (Å²) in [5.41, 5.74) is 2.53. The Labute approximate surface area is 92.5 Å². The molecule has 15 heavy (non-hydrogen) atoms. The molecular weight excluding hydrogens is 213 g/mol. The number of benzene rings is 1. The van der Waals surface area contributed by atoms with E-state index in [1.165, 1.54) is 12.1 Å². The molecule has 1 nitrogen and oxygen atoms in total. The number of pyridine rings is 1. The Morgan fingerprint density at radius 2 is 2.13 bits per heavy atom. The molecule has 0 aliphatic heterocycles. The minimum absolute atomic E-state index is 0.296. The largest absolute Gasteiger partial charge is 0.241 e. The lowest BCUT2D eigenvalue weighted by atomic mass is 10.1. The Kier molecular flexibility index (Phi) is 2.69. The summed E-state index contributed by atoms with van der Waals surface area (Å²) in [5.74, 6) is -0.296. The summed E-state index contributed by atoms with van der Waals surface area (Å²) in [6, 6.07) is 10.8. The SMILES string of the molecule is Cc1cc(-c2[c]cc(F)cc2)cc(Cl)n1. The highest BCUT2D eigenvalue weighted by atomic mass is 35.5. The maximum Gasteiger partial charge on any atom is 0.129 e. The van der Waals surface area contributed by atoms with Crippen molar-refractivity contribution < 1.29 is 4.39 Å². The van der Waals surface area contributed by atoms with Gasteiger partial charge in [0.1, 0.15) is 11.0 Å². The Morgan fingerprint density at radius 3 is 2.73 bits per heavy atom. The second-order valence-corrected chi connectivity index (χ2v) is 3.63. The van der Waals surface area contributed by atoms with Crippen molar-refractivity contribution in [1.29, 1.82) is 0 Å². The van der Waals surface area contributed by atoms with Crippen LogP contribution in [0.1, 0.15) is 5.69 Å². The van der Waals surface area contributed by atoms with Crippen molar-refractivity contribution in [3.63, 3.8) is 0 Å². The van der Waals surface area contributed by atoms with Crippen LogP contribution in [0.3, 0.4) is 0 Å². The zero-order valence-electron chi connectivity index (χ0n) is 8.09. The van der Waals surface area contributed by atoms with Crippen LogP contribution in [-0.2, 0) is 0 Å². The Bertz CT molecular complexity index is 459. The van der Waals surface area contributed by atoms with Gasteiger partial charge in [0.2, 0.25) is 0 Å². The molecule has 1 aromatic heterocycles. The lowest BCUT2D eigenvalue weighted by Gasteiger charge is -2.02. The van der Waals surface area contributed by atoms with Crippen molar-refractivity contribution in [2.24, 2.45) is 0 Å². The van der Waals surface area contributed by atoms with Crippen molar-refractivity contribution in [3.8, 4) is 11.1 Å². The molecule has 1 heterocycles. The van der Waals surface area contributed by atoms with E-state index in [0.29, 0.717) is 5.15 Å². The smallest absolute Gasteiger partial charge is 0.129 e. The maximum atomic E-state index is 12.7. The monoisotopic (exact) mass is 220 g/mol. The minimum atomic E-state index is -0.296. The fourth-order valence-corrected chi connectivity index (χ4v) is 1.62. The Morgan fingerprint density at radius 1 is 1.33 bits per heavy atom. The van der Waals surface area contributed by atoms with Gasteiger partial charge in [-0.05, 0) is 48.4 Å². The molecule has 3 heteroatoms. The molecule has 2 aromatic rings. The fourth-order valence-electron chi connectivity index (χ4n) is 1.37. The minimum Gasteiger partial charge on any atom is -0.241 e. The van der Waals surface area contributed by atoms with E-state index in [4.69, 9.17) is 11.6 Å². The van der Waals surface area contributed by atoms with E-state index < -0.39 is 0 Å². The summed E-state index contributed by atoms with van der Waals surface area (Å²) >= 11 is 5.83. The molecule has 0 unspecified atom stereocenters. The van der Waals surface area contributed by atoms with Crippen LogP contribution in [0.4, 0.5) is 4.39 Å². The number of halogens is 2. The molecule has 0 saturated heterocycles. The lowest BCUT2D eigenvalue weighted by molar-refractivity contribution is 0.628. The van der Waals surface area contributed by atoms with E-state index in [0.717, 1.165) is 16.8 Å². The zero-order chi connectivity index (χ0) is 10.8. The normalized spacial score (nSPS) is 10.3. The highest BCUT2D eigenvalue weighted by molar-refractivity contribution is 6.29. The molecule has 0 N–H and O–H groups in total.